The minimum absolute atomic E-state index is 0.177. The third-order valence-corrected chi connectivity index (χ3v) is 7.49. The second kappa shape index (κ2) is 20.8. The van der Waals surface area contributed by atoms with Crippen molar-refractivity contribution in [3.8, 4) is 0 Å². The zero-order valence-electron chi connectivity index (χ0n) is 30.5. The van der Waals surface area contributed by atoms with Crippen LogP contribution in [0.15, 0.2) is 89.8 Å². The molecule has 0 aliphatic carbocycles. The number of furan rings is 1. The number of rotatable bonds is 6. The van der Waals surface area contributed by atoms with Gasteiger partial charge < -0.3 is 29.8 Å². The fourth-order valence-corrected chi connectivity index (χ4v) is 4.85. The minimum atomic E-state index is -0.875. The SMILES string of the molecule is CC.CC.Cc1ccc(C(=O)O)cc1.Cc1ccc(C(=O)O)cc1.Cc1ccc(C(=O)OC[C@@H]2CC(C)[C@H](c3coc4c(N)ncnc34)O2)cc1. The minimum Gasteiger partial charge on any atom is -0.478 e. The molecule has 11 nitrogen and oxygen atoms in total. The second-order valence-electron chi connectivity index (χ2n) is 11.3. The number of hydrogen-bond donors (Lipinski definition) is 3. The molecule has 6 rings (SSSR count). The van der Waals surface area contributed by atoms with Gasteiger partial charge in [0.2, 0.25) is 0 Å². The summed E-state index contributed by atoms with van der Waals surface area (Å²) in [7, 11) is 0. The first-order valence-corrected chi connectivity index (χ1v) is 16.9. The molecular weight excluding hydrogens is 650 g/mol. The van der Waals surface area contributed by atoms with E-state index in [0.717, 1.165) is 28.7 Å². The molecule has 1 unspecified atom stereocenters. The molecule has 11 heteroatoms. The number of fused-ring (bicyclic) bond motifs is 1. The highest BCUT2D eigenvalue weighted by Crippen LogP contribution is 2.41. The van der Waals surface area contributed by atoms with Crippen LogP contribution in [0.25, 0.3) is 11.1 Å². The van der Waals surface area contributed by atoms with Gasteiger partial charge in [-0.2, -0.15) is 0 Å². The second-order valence-corrected chi connectivity index (χ2v) is 11.3. The summed E-state index contributed by atoms with van der Waals surface area (Å²) in [5, 5.41) is 17.0. The number of aromatic carboxylic acids is 2. The van der Waals surface area contributed by atoms with E-state index in [9.17, 15) is 14.4 Å². The molecular formula is C40H49N3O8. The summed E-state index contributed by atoms with van der Waals surface area (Å²) < 4.78 is 17.1. The monoisotopic (exact) mass is 699 g/mol. The number of carbonyl (C=O) groups excluding carboxylic acids is 1. The van der Waals surface area contributed by atoms with Crippen LogP contribution >= 0.6 is 0 Å². The van der Waals surface area contributed by atoms with Gasteiger partial charge in [-0.05, 0) is 69.5 Å². The predicted molar refractivity (Wildman–Crippen MR) is 198 cm³/mol. The van der Waals surface area contributed by atoms with Gasteiger partial charge in [0.05, 0.1) is 35.2 Å². The fraction of sp³-hybridized carbons (Fsp3) is 0.325. The van der Waals surface area contributed by atoms with Gasteiger partial charge in [-0.25, -0.2) is 24.4 Å². The smallest absolute Gasteiger partial charge is 0.338 e. The van der Waals surface area contributed by atoms with Crippen molar-refractivity contribution in [1.82, 2.24) is 9.97 Å². The zero-order valence-corrected chi connectivity index (χ0v) is 30.5. The lowest BCUT2D eigenvalue weighted by molar-refractivity contribution is -0.0113. The van der Waals surface area contributed by atoms with Crippen LogP contribution in [0.3, 0.4) is 0 Å². The number of benzene rings is 3. The van der Waals surface area contributed by atoms with Crippen molar-refractivity contribution in [1.29, 1.82) is 0 Å². The van der Waals surface area contributed by atoms with Crippen LogP contribution in [0.1, 0.15) is 100 Å². The van der Waals surface area contributed by atoms with Crippen molar-refractivity contribution in [2.45, 2.75) is 74.0 Å². The summed E-state index contributed by atoms with van der Waals surface area (Å²) in [5.41, 5.74) is 12.3. The number of anilines is 1. The van der Waals surface area contributed by atoms with Crippen LogP contribution in [-0.2, 0) is 9.47 Å². The van der Waals surface area contributed by atoms with E-state index in [0.29, 0.717) is 33.6 Å². The molecule has 0 radical (unpaired) electrons. The van der Waals surface area contributed by atoms with E-state index in [1.165, 1.54) is 6.33 Å². The third-order valence-electron chi connectivity index (χ3n) is 7.49. The molecule has 3 aromatic carbocycles. The average molecular weight is 700 g/mol. The van der Waals surface area contributed by atoms with Gasteiger partial charge in [-0.3, -0.25) is 0 Å². The maximum Gasteiger partial charge on any atom is 0.338 e. The van der Waals surface area contributed by atoms with Crippen molar-refractivity contribution in [2.24, 2.45) is 5.92 Å². The highest BCUT2D eigenvalue weighted by molar-refractivity contribution is 5.89. The standard InChI is InChI=1S/C20H21N3O4.2C8H8O2.2C2H6/c1-11-3-5-13(6-4-11)20(24)26-8-14-7-12(2)17(27-14)15-9-25-18-16(15)22-10-23-19(18)21;2*1-6-2-4-7(5-3-6)8(9)10;2*1-2/h3-6,9-10,12,14,17H,7-8H2,1-2H3,(H2,21,22,23);2*2-5H,1H3,(H,9,10);2*1-2H3/t12?,14-,17+;;;;/m0..../s1. The molecule has 0 bridgehead atoms. The Hall–Kier alpha value is -5.55. The topological polar surface area (TPSA) is 175 Å². The first-order valence-electron chi connectivity index (χ1n) is 16.9. The molecule has 5 aromatic rings. The number of ether oxygens (including phenoxy) is 2. The van der Waals surface area contributed by atoms with Gasteiger partial charge in [0.15, 0.2) is 11.4 Å². The predicted octanol–water partition coefficient (Wildman–Crippen LogP) is 8.88. The van der Waals surface area contributed by atoms with Crippen molar-refractivity contribution in [3.63, 3.8) is 0 Å². The Labute approximate surface area is 299 Å². The number of aryl methyl sites for hydroxylation is 3. The van der Waals surface area contributed by atoms with E-state index >= 15 is 0 Å². The van der Waals surface area contributed by atoms with Gasteiger partial charge in [0.25, 0.3) is 0 Å². The van der Waals surface area contributed by atoms with Crippen molar-refractivity contribution >= 4 is 34.8 Å². The van der Waals surface area contributed by atoms with Crippen LogP contribution in [0.2, 0.25) is 0 Å². The Balaban J connectivity index is 0.000000308. The van der Waals surface area contributed by atoms with E-state index in [4.69, 9.17) is 29.8 Å². The summed E-state index contributed by atoms with van der Waals surface area (Å²) in [4.78, 5) is 41.0. The summed E-state index contributed by atoms with van der Waals surface area (Å²) in [5.74, 6) is -1.56. The summed E-state index contributed by atoms with van der Waals surface area (Å²) >= 11 is 0. The fourth-order valence-electron chi connectivity index (χ4n) is 4.85. The lowest BCUT2D eigenvalue weighted by Crippen LogP contribution is -2.18. The van der Waals surface area contributed by atoms with Crippen LogP contribution in [0.4, 0.5) is 5.82 Å². The third kappa shape index (κ3) is 12.4. The van der Waals surface area contributed by atoms with E-state index in [2.05, 4.69) is 16.9 Å². The van der Waals surface area contributed by atoms with Gasteiger partial charge in [0, 0.05) is 5.56 Å². The number of esters is 1. The van der Waals surface area contributed by atoms with Crippen LogP contribution in [0.5, 0.6) is 0 Å². The van der Waals surface area contributed by atoms with Crippen molar-refractivity contribution in [2.75, 3.05) is 12.3 Å². The maximum atomic E-state index is 12.2. The zero-order chi connectivity index (χ0) is 38.1. The Bertz CT molecular complexity index is 1760. The largest absolute Gasteiger partial charge is 0.478 e. The first kappa shape index (κ1) is 41.6. The summed E-state index contributed by atoms with van der Waals surface area (Å²) in [6.45, 7) is 16.1. The highest BCUT2D eigenvalue weighted by atomic mass is 16.6. The van der Waals surface area contributed by atoms with E-state index in [1.54, 1.807) is 66.9 Å². The highest BCUT2D eigenvalue weighted by Gasteiger charge is 2.36. The number of aromatic nitrogens is 2. The van der Waals surface area contributed by atoms with Gasteiger partial charge in [-0.15, -0.1) is 0 Å². The van der Waals surface area contributed by atoms with E-state index in [-0.39, 0.29) is 30.7 Å². The number of nitrogens with zero attached hydrogens (tertiary/aromatic N) is 2. The maximum absolute atomic E-state index is 12.2. The molecule has 0 amide bonds. The van der Waals surface area contributed by atoms with E-state index < -0.39 is 11.9 Å². The number of carboxylic acid groups (broad SMARTS) is 2. The number of carbonyl (C=O) groups is 3. The Morgan fingerprint density at radius 1 is 0.765 bits per heavy atom. The molecule has 51 heavy (non-hydrogen) atoms. The van der Waals surface area contributed by atoms with Gasteiger partial charge >= 0.3 is 17.9 Å². The average Bonchev–Trinajstić information content (AvgIpc) is 3.73. The number of carboxylic acids is 2. The normalized spacial score (nSPS) is 15.6. The van der Waals surface area contributed by atoms with Gasteiger partial charge in [0.1, 0.15) is 18.5 Å². The Morgan fingerprint density at radius 3 is 1.67 bits per heavy atom. The van der Waals surface area contributed by atoms with Crippen LogP contribution < -0.4 is 5.73 Å². The molecule has 0 spiro atoms. The lowest BCUT2D eigenvalue weighted by atomic mass is 9.97. The number of hydrogen-bond acceptors (Lipinski definition) is 9. The summed E-state index contributed by atoms with van der Waals surface area (Å²) in [6, 6.07) is 20.8. The first-order chi connectivity index (χ1) is 24.4. The molecule has 1 fully saturated rings. The number of nitrogen functional groups attached to an aromatic ring is 1. The molecule has 2 aromatic heterocycles. The molecule has 3 atom stereocenters. The van der Waals surface area contributed by atoms with Crippen LogP contribution in [-0.4, -0.2) is 50.8 Å². The molecule has 1 saturated heterocycles. The van der Waals surface area contributed by atoms with Crippen molar-refractivity contribution < 1.29 is 38.5 Å². The lowest BCUT2D eigenvalue weighted by Gasteiger charge is -2.14. The summed E-state index contributed by atoms with van der Waals surface area (Å²) in [6.07, 6.45) is 3.44. The molecule has 1 aliphatic heterocycles. The number of nitrogens with two attached hydrogens (primary N) is 1. The molecule has 3 heterocycles. The Morgan fingerprint density at radius 2 is 1.22 bits per heavy atom. The Kier molecular flexibility index (Phi) is 17.0. The molecule has 272 valence electrons. The van der Waals surface area contributed by atoms with Crippen LogP contribution in [0, 0.1) is 26.7 Å². The van der Waals surface area contributed by atoms with E-state index in [1.807, 2.05) is 60.6 Å². The quantitative estimate of drug-likeness (QED) is 0.144. The van der Waals surface area contributed by atoms with Crippen molar-refractivity contribution in [3.05, 3.63) is 124 Å². The molecule has 0 saturated carbocycles. The molecule has 1 aliphatic rings. The molecule has 4 N–H and O–H groups in total. The van der Waals surface area contributed by atoms with Gasteiger partial charge in [-0.1, -0.05) is 87.7 Å².